The molecule has 0 spiro atoms. The molecule has 0 amide bonds. The van der Waals surface area contributed by atoms with Crippen LogP contribution in [0.3, 0.4) is 0 Å². The van der Waals surface area contributed by atoms with Crippen LogP contribution in [-0.4, -0.2) is 31.1 Å². The number of hydrogen-bond acceptors (Lipinski definition) is 4. The summed E-state index contributed by atoms with van der Waals surface area (Å²) in [6.45, 7) is 0. The average molecular weight is 258 g/mol. The minimum atomic E-state index is -1.10. The van der Waals surface area contributed by atoms with Crippen LogP contribution in [0.15, 0.2) is 36.7 Å². The summed E-state index contributed by atoms with van der Waals surface area (Å²) < 4.78 is 14.3. The lowest BCUT2D eigenvalue weighted by atomic mass is 10.2. The van der Waals surface area contributed by atoms with Gasteiger partial charge in [0.1, 0.15) is 5.82 Å². The van der Waals surface area contributed by atoms with E-state index in [1.807, 2.05) is 0 Å². The van der Waals surface area contributed by atoms with Crippen LogP contribution in [0.1, 0.15) is 10.4 Å². The first kappa shape index (κ1) is 11.3. The second kappa shape index (κ2) is 4.13. The molecule has 0 radical (unpaired) electrons. The number of carboxylic acids is 1. The van der Waals surface area contributed by atoms with Gasteiger partial charge in [0.15, 0.2) is 5.65 Å². The smallest absolute Gasteiger partial charge is 0.338 e. The molecule has 2 heterocycles. The van der Waals surface area contributed by atoms with Crippen LogP contribution in [0.4, 0.5) is 4.39 Å². The van der Waals surface area contributed by atoms with Crippen molar-refractivity contribution in [2.45, 2.75) is 0 Å². The van der Waals surface area contributed by atoms with Gasteiger partial charge in [0.05, 0.1) is 29.0 Å². The number of aromatic carboxylic acids is 1. The van der Waals surface area contributed by atoms with E-state index in [1.54, 1.807) is 0 Å². The number of aromatic nitrogens is 4. The Bertz CT molecular complexity index is 767. The standard InChI is InChI=1S/C12H7FN4O2/c13-7-1-3-8(4-2-7)17-11-9(6-15-17)10(12(18)19)5-14-16-11/h1-6H,(H,18,19). The number of fused-ring (bicyclic) bond motifs is 1. The first-order chi connectivity index (χ1) is 9.16. The zero-order valence-corrected chi connectivity index (χ0v) is 9.49. The highest BCUT2D eigenvalue weighted by Gasteiger charge is 2.14. The maximum Gasteiger partial charge on any atom is 0.338 e. The van der Waals surface area contributed by atoms with E-state index in [9.17, 15) is 9.18 Å². The highest BCUT2D eigenvalue weighted by Crippen LogP contribution is 2.19. The molecule has 2 aromatic heterocycles. The first-order valence-corrected chi connectivity index (χ1v) is 5.35. The number of carboxylic acid groups (broad SMARTS) is 1. The topological polar surface area (TPSA) is 80.9 Å². The molecule has 0 bridgehead atoms. The second-order valence-electron chi connectivity index (χ2n) is 3.83. The summed E-state index contributed by atoms with van der Waals surface area (Å²) >= 11 is 0. The Morgan fingerprint density at radius 3 is 2.63 bits per heavy atom. The maximum atomic E-state index is 12.9. The van der Waals surface area contributed by atoms with E-state index >= 15 is 0 Å². The molecule has 0 saturated carbocycles. The minimum absolute atomic E-state index is 0.0263. The van der Waals surface area contributed by atoms with Crippen molar-refractivity contribution in [1.29, 1.82) is 0 Å². The molecule has 0 aliphatic rings. The summed E-state index contributed by atoms with van der Waals surface area (Å²) in [5.74, 6) is -1.46. The molecule has 0 fully saturated rings. The molecule has 7 heteroatoms. The van der Waals surface area contributed by atoms with Crippen LogP contribution < -0.4 is 0 Å². The van der Waals surface area contributed by atoms with Gasteiger partial charge in [-0.2, -0.15) is 10.2 Å². The van der Waals surface area contributed by atoms with Gasteiger partial charge in [-0.1, -0.05) is 0 Å². The molecule has 3 aromatic rings. The Hall–Kier alpha value is -2.83. The number of carbonyl (C=O) groups is 1. The van der Waals surface area contributed by atoms with E-state index < -0.39 is 5.97 Å². The van der Waals surface area contributed by atoms with Gasteiger partial charge < -0.3 is 5.11 Å². The molecule has 94 valence electrons. The van der Waals surface area contributed by atoms with Crippen molar-refractivity contribution in [2.24, 2.45) is 0 Å². The lowest BCUT2D eigenvalue weighted by molar-refractivity contribution is 0.0698. The van der Waals surface area contributed by atoms with Gasteiger partial charge in [0.25, 0.3) is 0 Å². The molecule has 6 nitrogen and oxygen atoms in total. The third-order valence-corrected chi connectivity index (χ3v) is 2.67. The third kappa shape index (κ3) is 1.81. The van der Waals surface area contributed by atoms with Gasteiger partial charge in [-0.25, -0.2) is 13.9 Å². The number of hydrogen-bond donors (Lipinski definition) is 1. The van der Waals surface area contributed by atoms with Crippen LogP contribution in [0.25, 0.3) is 16.7 Å². The molecule has 0 saturated heterocycles. The Morgan fingerprint density at radius 2 is 1.95 bits per heavy atom. The predicted molar refractivity (Wildman–Crippen MR) is 63.6 cm³/mol. The third-order valence-electron chi connectivity index (χ3n) is 2.67. The Balaban J connectivity index is 2.24. The van der Waals surface area contributed by atoms with Crippen molar-refractivity contribution in [3.8, 4) is 5.69 Å². The molecule has 0 unspecified atom stereocenters. The molecule has 19 heavy (non-hydrogen) atoms. The van der Waals surface area contributed by atoms with Crippen LogP contribution in [0.5, 0.6) is 0 Å². The van der Waals surface area contributed by atoms with E-state index in [0.29, 0.717) is 16.7 Å². The van der Waals surface area contributed by atoms with Crippen molar-refractivity contribution in [2.75, 3.05) is 0 Å². The van der Waals surface area contributed by atoms with Gasteiger partial charge in [0.2, 0.25) is 0 Å². The summed E-state index contributed by atoms with van der Waals surface area (Å²) in [4.78, 5) is 11.1. The van der Waals surface area contributed by atoms with Crippen LogP contribution >= 0.6 is 0 Å². The fraction of sp³-hybridized carbons (Fsp3) is 0. The van der Waals surface area contributed by atoms with Crippen LogP contribution in [0, 0.1) is 5.82 Å². The van der Waals surface area contributed by atoms with Crippen molar-refractivity contribution < 1.29 is 14.3 Å². The highest BCUT2D eigenvalue weighted by atomic mass is 19.1. The fourth-order valence-electron chi connectivity index (χ4n) is 1.78. The van der Waals surface area contributed by atoms with Crippen LogP contribution in [-0.2, 0) is 0 Å². The second-order valence-corrected chi connectivity index (χ2v) is 3.83. The van der Waals surface area contributed by atoms with Crippen LogP contribution in [0.2, 0.25) is 0 Å². The van der Waals surface area contributed by atoms with Crippen molar-refractivity contribution >= 4 is 17.0 Å². The normalized spacial score (nSPS) is 10.8. The maximum absolute atomic E-state index is 12.9. The predicted octanol–water partition coefficient (Wildman–Crippen LogP) is 1.65. The van der Waals surface area contributed by atoms with Gasteiger partial charge in [0, 0.05) is 0 Å². The Morgan fingerprint density at radius 1 is 1.21 bits per heavy atom. The fourth-order valence-corrected chi connectivity index (χ4v) is 1.78. The summed E-state index contributed by atoms with van der Waals surface area (Å²) in [5.41, 5.74) is 0.915. The molecule has 0 aliphatic heterocycles. The number of nitrogens with zero attached hydrogens (tertiary/aromatic N) is 4. The zero-order valence-electron chi connectivity index (χ0n) is 9.49. The van der Waals surface area contributed by atoms with E-state index in [1.165, 1.54) is 41.3 Å². The van der Waals surface area contributed by atoms with Crippen molar-refractivity contribution in [3.63, 3.8) is 0 Å². The lowest BCUT2D eigenvalue weighted by Crippen LogP contribution is -2.02. The van der Waals surface area contributed by atoms with Crippen molar-refractivity contribution in [1.82, 2.24) is 20.0 Å². The molecule has 0 atom stereocenters. The highest BCUT2D eigenvalue weighted by molar-refractivity contribution is 6.01. The van der Waals surface area contributed by atoms with Gasteiger partial charge in [-0.05, 0) is 24.3 Å². The minimum Gasteiger partial charge on any atom is -0.478 e. The summed E-state index contributed by atoms with van der Waals surface area (Å²) in [7, 11) is 0. The molecule has 1 N–H and O–H groups in total. The van der Waals surface area contributed by atoms with E-state index in [0.717, 1.165) is 0 Å². The molecular weight excluding hydrogens is 251 g/mol. The number of benzene rings is 1. The average Bonchev–Trinajstić information content (AvgIpc) is 2.83. The van der Waals surface area contributed by atoms with Gasteiger partial charge >= 0.3 is 5.97 Å². The SMILES string of the molecule is O=C(O)c1cnnc2c1cnn2-c1ccc(F)cc1. The zero-order chi connectivity index (χ0) is 13.4. The quantitative estimate of drug-likeness (QED) is 0.755. The van der Waals surface area contributed by atoms with E-state index in [2.05, 4.69) is 15.3 Å². The molecule has 0 aliphatic carbocycles. The first-order valence-electron chi connectivity index (χ1n) is 5.35. The molecule has 3 rings (SSSR count). The van der Waals surface area contributed by atoms with E-state index in [4.69, 9.17) is 5.11 Å². The largest absolute Gasteiger partial charge is 0.478 e. The lowest BCUT2D eigenvalue weighted by Gasteiger charge is -2.02. The molecule has 1 aromatic carbocycles. The Kier molecular flexibility index (Phi) is 2.45. The van der Waals surface area contributed by atoms with Gasteiger partial charge in [-0.15, -0.1) is 5.10 Å². The van der Waals surface area contributed by atoms with Gasteiger partial charge in [-0.3, -0.25) is 0 Å². The van der Waals surface area contributed by atoms with E-state index in [-0.39, 0.29) is 11.4 Å². The summed E-state index contributed by atoms with van der Waals surface area (Å²) in [5, 5.41) is 21.0. The summed E-state index contributed by atoms with van der Waals surface area (Å²) in [6, 6.07) is 5.63. The Labute approximate surface area is 106 Å². The number of halogens is 1. The van der Waals surface area contributed by atoms with Crippen molar-refractivity contribution in [3.05, 3.63) is 48.0 Å². The monoisotopic (exact) mass is 258 g/mol. The molecular formula is C12H7FN4O2. The summed E-state index contributed by atoms with van der Waals surface area (Å²) in [6.07, 6.45) is 2.57. The number of rotatable bonds is 2.